The Morgan fingerprint density at radius 2 is 1.53 bits per heavy atom. The summed E-state index contributed by atoms with van der Waals surface area (Å²) in [5, 5.41) is 10.0. The second-order valence-corrected chi connectivity index (χ2v) is 5.51. The van der Waals surface area contributed by atoms with Crippen LogP contribution >= 0.6 is 31.9 Å². The van der Waals surface area contributed by atoms with E-state index in [1.807, 2.05) is 0 Å². The van der Waals surface area contributed by atoms with E-state index < -0.39 is 29.1 Å². The van der Waals surface area contributed by atoms with Crippen LogP contribution in [0.2, 0.25) is 0 Å². The molecule has 0 saturated carbocycles. The molecule has 1 nitrogen and oxygen atoms in total. The molecule has 0 aliphatic heterocycles. The molecule has 0 bridgehead atoms. The third-order valence-corrected chi connectivity index (χ3v) is 3.85. The van der Waals surface area contributed by atoms with Gasteiger partial charge in [-0.1, -0.05) is 12.1 Å². The van der Waals surface area contributed by atoms with E-state index in [1.54, 1.807) is 0 Å². The summed E-state index contributed by atoms with van der Waals surface area (Å²) in [4.78, 5) is 0. The van der Waals surface area contributed by atoms with E-state index in [0.29, 0.717) is 0 Å². The van der Waals surface area contributed by atoms with Crippen LogP contribution in [0.5, 0.6) is 0 Å². The van der Waals surface area contributed by atoms with Crippen molar-refractivity contribution in [3.63, 3.8) is 0 Å². The molecule has 0 amide bonds. The second-order valence-electron chi connectivity index (χ2n) is 3.80. The minimum Gasteiger partial charge on any atom is -0.383 e. The Balaban J connectivity index is 2.59. The zero-order chi connectivity index (χ0) is 14.2. The van der Waals surface area contributed by atoms with Crippen LogP contribution in [0.1, 0.15) is 17.2 Å². The maximum atomic E-state index is 13.8. The van der Waals surface area contributed by atoms with Crippen LogP contribution in [0.3, 0.4) is 0 Å². The van der Waals surface area contributed by atoms with Crippen molar-refractivity contribution in [3.05, 3.63) is 67.9 Å². The highest BCUT2D eigenvalue weighted by Crippen LogP contribution is 2.33. The summed E-state index contributed by atoms with van der Waals surface area (Å²) in [7, 11) is 0. The molecule has 0 aliphatic carbocycles. The minimum atomic E-state index is -1.73. The number of rotatable bonds is 2. The first-order valence-electron chi connectivity index (χ1n) is 5.19. The maximum Gasteiger partial charge on any atom is 0.146 e. The first-order valence-corrected chi connectivity index (χ1v) is 6.77. The molecule has 100 valence electrons. The number of halogens is 5. The van der Waals surface area contributed by atoms with Gasteiger partial charge in [0.15, 0.2) is 0 Å². The maximum absolute atomic E-state index is 13.8. The van der Waals surface area contributed by atoms with Gasteiger partial charge in [-0.25, -0.2) is 13.2 Å². The molecular formula is C13H7Br2F3O. The first-order chi connectivity index (χ1) is 8.93. The van der Waals surface area contributed by atoms with Crippen molar-refractivity contribution in [1.82, 2.24) is 0 Å². The van der Waals surface area contributed by atoms with E-state index in [4.69, 9.17) is 0 Å². The molecule has 19 heavy (non-hydrogen) atoms. The second kappa shape index (κ2) is 5.64. The number of hydrogen-bond donors (Lipinski definition) is 1. The van der Waals surface area contributed by atoms with Crippen molar-refractivity contribution in [2.45, 2.75) is 6.10 Å². The predicted octanol–water partition coefficient (Wildman–Crippen LogP) is 4.71. The quantitative estimate of drug-likeness (QED) is 0.730. The van der Waals surface area contributed by atoms with E-state index in [-0.39, 0.29) is 14.5 Å². The van der Waals surface area contributed by atoms with Gasteiger partial charge in [0.2, 0.25) is 0 Å². The van der Waals surface area contributed by atoms with Gasteiger partial charge in [0.25, 0.3) is 0 Å². The Morgan fingerprint density at radius 3 is 2.21 bits per heavy atom. The van der Waals surface area contributed by atoms with Crippen molar-refractivity contribution in [2.24, 2.45) is 0 Å². The lowest BCUT2D eigenvalue weighted by Crippen LogP contribution is -2.08. The standard InChI is InChI=1S/C13H7Br2F3O/c14-7-3-1-2-6(11(7)17)13(19)10-9(16)5-4-8(15)12(10)18/h1-5,13,19H. The largest absolute Gasteiger partial charge is 0.383 e. The molecule has 1 unspecified atom stereocenters. The Hall–Kier alpha value is -0.850. The van der Waals surface area contributed by atoms with Gasteiger partial charge in [0.1, 0.15) is 23.6 Å². The molecule has 0 heterocycles. The molecule has 0 fully saturated rings. The Morgan fingerprint density at radius 1 is 0.895 bits per heavy atom. The van der Waals surface area contributed by atoms with Gasteiger partial charge in [-0.3, -0.25) is 0 Å². The highest BCUT2D eigenvalue weighted by Gasteiger charge is 2.24. The third kappa shape index (κ3) is 2.70. The fourth-order valence-corrected chi connectivity index (χ4v) is 2.41. The summed E-state index contributed by atoms with van der Waals surface area (Å²) in [5.41, 5.74) is -0.795. The van der Waals surface area contributed by atoms with Crippen molar-refractivity contribution in [2.75, 3.05) is 0 Å². The molecule has 0 radical (unpaired) electrons. The van der Waals surface area contributed by atoms with Crippen molar-refractivity contribution >= 4 is 31.9 Å². The summed E-state index contributed by atoms with van der Waals surface area (Å²) in [6.45, 7) is 0. The fourth-order valence-electron chi connectivity index (χ4n) is 1.68. The first kappa shape index (κ1) is 14.6. The highest BCUT2D eigenvalue weighted by atomic mass is 79.9. The summed E-state index contributed by atoms with van der Waals surface area (Å²) >= 11 is 5.85. The van der Waals surface area contributed by atoms with Crippen LogP contribution in [0.15, 0.2) is 39.3 Å². The lowest BCUT2D eigenvalue weighted by Gasteiger charge is -2.15. The number of aliphatic hydroxyl groups is 1. The van der Waals surface area contributed by atoms with Crippen LogP contribution < -0.4 is 0 Å². The smallest absolute Gasteiger partial charge is 0.146 e. The monoisotopic (exact) mass is 394 g/mol. The Bertz CT molecular complexity index is 632. The van der Waals surface area contributed by atoms with Gasteiger partial charge in [-0.15, -0.1) is 0 Å². The topological polar surface area (TPSA) is 20.2 Å². The van der Waals surface area contributed by atoms with Crippen molar-refractivity contribution in [1.29, 1.82) is 0 Å². The lowest BCUT2D eigenvalue weighted by molar-refractivity contribution is 0.203. The van der Waals surface area contributed by atoms with Gasteiger partial charge in [-0.05, 0) is 50.1 Å². The summed E-state index contributed by atoms with van der Waals surface area (Å²) < 4.78 is 41.4. The van der Waals surface area contributed by atoms with Crippen molar-refractivity contribution in [3.8, 4) is 0 Å². The summed E-state index contributed by atoms with van der Waals surface area (Å²) in [6.07, 6.45) is -1.73. The van der Waals surface area contributed by atoms with E-state index in [0.717, 1.165) is 6.07 Å². The van der Waals surface area contributed by atoms with E-state index in [1.165, 1.54) is 24.3 Å². The average Bonchev–Trinajstić information content (AvgIpc) is 2.37. The molecule has 0 saturated heterocycles. The number of hydrogen-bond acceptors (Lipinski definition) is 1. The normalized spacial score (nSPS) is 12.5. The summed E-state index contributed by atoms with van der Waals surface area (Å²) in [5.74, 6) is -2.65. The lowest BCUT2D eigenvalue weighted by atomic mass is 10.00. The summed E-state index contributed by atoms with van der Waals surface area (Å²) in [6, 6.07) is 6.35. The average molecular weight is 396 g/mol. The van der Waals surface area contributed by atoms with Crippen LogP contribution in [0.25, 0.3) is 0 Å². The zero-order valence-electron chi connectivity index (χ0n) is 9.30. The number of benzene rings is 2. The molecule has 2 rings (SSSR count). The van der Waals surface area contributed by atoms with Gasteiger partial charge < -0.3 is 5.11 Å². The highest BCUT2D eigenvalue weighted by molar-refractivity contribution is 9.10. The van der Waals surface area contributed by atoms with Crippen LogP contribution in [0.4, 0.5) is 13.2 Å². The predicted molar refractivity (Wildman–Crippen MR) is 72.2 cm³/mol. The minimum absolute atomic E-state index is 0.00152. The van der Waals surface area contributed by atoms with Crippen LogP contribution in [-0.4, -0.2) is 5.11 Å². The Labute approximate surface area is 124 Å². The molecule has 2 aromatic carbocycles. The fraction of sp³-hybridized carbons (Fsp3) is 0.0769. The zero-order valence-corrected chi connectivity index (χ0v) is 12.5. The Kier molecular flexibility index (Phi) is 4.32. The number of aliphatic hydroxyl groups excluding tert-OH is 1. The van der Waals surface area contributed by atoms with Gasteiger partial charge >= 0.3 is 0 Å². The molecule has 0 aliphatic rings. The molecule has 6 heteroatoms. The molecule has 1 N–H and O–H groups in total. The molecular weight excluding hydrogens is 389 g/mol. The molecule has 1 atom stereocenters. The van der Waals surface area contributed by atoms with Gasteiger partial charge in [-0.2, -0.15) is 0 Å². The molecule has 0 spiro atoms. The van der Waals surface area contributed by atoms with E-state index >= 15 is 0 Å². The van der Waals surface area contributed by atoms with Crippen LogP contribution in [0, 0.1) is 17.5 Å². The third-order valence-electron chi connectivity index (χ3n) is 2.63. The van der Waals surface area contributed by atoms with E-state index in [2.05, 4.69) is 31.9 Å². The van der Waals surface area contributed by atoms with Crippen molar-refractivity contribution < 1.29 is 18.3 Å². The molecule has 2 aromatic rings. The van der Waals surface area contributed by atoms with Crippen LogP contribution in [-0.2, 0) is 0 Å². The molecule has 0 aromatic heterocycles. The van der Waals surface area contributed by atoms with Gasteiger partial charge in [0, 0.05) is 5.56 Å². The SMILES string of the molecule is OC(c1cccc(Br)c1F)c1c(F)ccc(Br)c1F. The van der Waals surface area contributed by atoms with Gasteiger partial charge in [0.05, 0.1) is 14.5 Å². The van der Waals surface area contributed by atoms with E-state index in [9.17, 15) is 18.3 Å².